The number of para-hydroxylation sites is 2. The Morgan fingerprint density at radius 2 is 2.05 bits per heavy atom. The zero-order valence-electron chi connectivity index (χ0n) is 12.0. The van der Waals surface area contributed by atoms with Crippen molar-refractivity contribution in [1.82, 2.24) is 9.55 Å². The van der Waals surface area contributed by atoms with Crippen LogP contribution in [0.1, 0.15) is 20.8 Å². The van der Waals surface area contributed by atoms with E-state index in [1.165, 1.54) is 11.8 Å². The van der Waals surface area contributed by atoms with Crippen molar-refractivity contribution in [1.29, 1.82) is 0 Å². The molecule has 0 spiro atoms. The van der Waals surface area contributed by atoms with Gasteiger partial charge in [-0.25, -0.2) is 4.98 Å². The van der Waals surface area contributed by atoms with Crippen molar-refractivity contribution >= 4 is 28.8 Å². The quantitative estimate of drug-likeness (QED) is 0.828. The molecule has 1 N–H and O–H groups in total. The fraction of sp³-hybridized carbons (Fsp3) is 0.467. The highest BCUT2D eigenvalue weighted by atomic mass is 32.2. The largest absolute Gasteiger partial charge is 0.481 e. The van der Waals surface area contributed by atoms with Gasteiger partial charge in [-0.15, -0.1) is 0 Å². The van der Waals surface area contributed by atoms with Gasteiger partial charge < -0.3 is 9.67 Å². The molecule has 0 aliphatic heterocycles. The second-order valence-corrected chi connectivity index (χ2v) is 6.34. The molecule has 1 aromatic heterocycles. The van der Waals surface area contributed by atoms with Gasteiger partial charge in [0.2, 0.25) is 0 Å². The first-order valence-electron chi connectivity index (χ1n) is 6.79. The number of benzene rings is 1. The minimum absolute atomic E-state index is 0.0411. The first-order valence-corrected chi connectivity index (χ1v) is 7.77. The van der Waals surface area contributed by atoms with E-state index in [4.69, 9.17) is 5.11 Å². The molecule has 2 aromatic rings. The second-order valence-electron chi connectivity index (χ2n) is 5.40. The van der Waals surface area contributed by atoms with Crippen LogP contribution in [0.5, 0.6) is 0 Å². The maximum absolute atomic E-state index is 10.8. The summed E-state index contributed by atoms with van der Waals surface area (Å²) in [6.07, 6.45) is 0. The van der Waals surface area contributed by atoms with Crippen LogP contribution in [-0.2, 0) is 11.3 Å². The predicted octanol–water partition coefficient (Wildman–Crippen LogP) is 3.51. The molecule has 0 saturated heterocycles. The number of hydrogen-bond acceptors (Lipinski definition) is 3. The van der Waals surface area contributed by atoms with Crippen LogP contribution in [0.25, 0.3) is 11.0 Å². The number of thioether (sulfide) groups is 1. The normalized spacial score (nSPS) is 13.0. The standard InChI is InChI=1S/C15H20N2O2S/c1-10(2)11(3)8-17-13-7-5-4-6-12(13)16-15(17)20-9-14(18)19/h4-7,10-11H,8-9H2,1-3H3,(H,18,19). The molecule has 2 rings (SSSR count). The third-order valence-electron chi connectivity index (χ3n) is 3.55. The minimum atomic E-state index is -0.814. The van der Waals surface area contributed by atoms with Crippen LogP contribution in [-0.4, -0.2) is 26.4 Å². The molecule has 4 nitrogen and oxygen atoms in total. The van der Waals surface area contributed by atoms with Crippen LogP contribution in [0.15, 0.2) is 29.4 Å². The van der Waals surface area contributed by atoms with Gasteiger partial charge in [0.25, 0.3) is 0 Å². The first kappa shape index (κ1) is 14.9. The molecule has 0 saturated carbocycles. The lowest BCUT2D eigenvalue weighted by atomic mass is 9.98. The summed E-state index contributed by atoms with van der Waals surface area (Å²) in [5.41, 5.74) is 2.00. The Kier molecular flexibility index (Phi) is 4.70. The average Bonchev–Trinajstić information content (AvgIpc) is 2.74. The van der Waals surface area contributed by atoms with E-state index in [0.717, 1.165) is 22.7 Å². The number of carbonyl (C=O) groups is 1. The lowest BCUT2D eigenvalue weighted by Crippen LogP contribution is -2.14. The van der Waals surface area contributed by atoms with Crippen molar-refractivity contribution in [3.8, 4) is 0 Å². The Bertz CT molecular complexity index is 607. The Labute approximate surface area is 123 Å². The molecule has 1 unspecified atom stereocenters. The maximum atomic E-state index is 10.8. The first-order chi connectivity index (χ1) is 9.49. The number of fused-ring (bicyclic) bond motifs is 1. The number of rotatable bonds is 6. The molecular formula is C15H20N2O2S. The fourth-order valence-electron chi connectivity index (χ4n) is 1.97. The van der Waals surface area contributed by atoms with Gasteiger partial charge in [0.15, 0.2) is 5.16 Å². The number of carboxylic acid groups (broad SMARTS) is 1. The number of aromatic nitrogens is 2. The van der Waals surface area contributed by atoms with Crippen LogP contribution in [0.4, 0.5) is 0 Å². The van der Waals surface area contributed by atoms with Gasteiger partial charge in [0.05, 0.1) is 16.8 Å². The highest BCUT2D eigenvalue weighted by Gasteiger charge is 2.16. The SMILES string of the molecule is CC(C)C(C)Cn1c(SCC(=O)O)nc2ccccc21. The molecule has 5 heteroatoms. The van der Waals surface area contributed by atoms with Crippen molar-refractivity contribution < 1.29 is 9.90 Å². The molecule has 0 radical (unpaired) electrons. The highest BCUT2D eigenvalue weighted by molar-refractivity contribution is 7.99. The Morgan fingerprint density at radius 3 is 2.70 bits per heavy atom. The molecule has 0 aliphatic carbocycles. The summed E-state index contributed by atoms with van der Waals surface area (Å²) in [5, 5.41) is 9.65. The van der Waals surface area contributed by atoms with Crippen LogP contribution in [0.2, 0.25) is 0 Å². The van der Waals surface area contributed by atoms with Gasteiger partial charge in [-0.3, -0.25) is 4.79 Å². The summed E-state index contributed by atoms with van der Waals surface area (Å²) in [7, 11) is 0. The number of carboxylic acids is 1. The average molecular weight is 292 g/mol. The Hall–Kier alpha value is -1.49. The molecular weight excluding hydrogens is 272 g/mol. The minimum Gasteiger partial charge on any atom is -0.481 e. The molecule has 0 amide bonds. The maximum Gasteiger partial charge on any atom is 0.313 e. The molecule has 1 aromatic carbocycles. The second kappa shape index (κ2) is 6.31. The van der Waals surface area contributed by atoms with Gasteiger partial charge in [0.1, 0.15) is 0 Å². The topological polar surface area (TPSA) is 55.1 Å². The van der Waals surface area contributed by atoms with E-state index in [1.54, 1.807) is 0 Å². The Balaban J connectivity index is 2.36. The summed E-state index contributed by atoms with van der Waals surface area (Å²) in [6.45, 7) is 7.48. The summed E-state index contributed by atoms with van der Waals surface area (Å²) in [4.78, 5) is 15.3. The van der Waals surface area contributed by atoms with Gasteiger partial charge >= 0.3 is 5.97 Å². The van der Waals surface area contributed by atoms with Gasteiger partial charge in [-0.05, 0) is 24.0 Å². The van der Waals surface area contributed by atoms with E-state index in [2.05, 4.69) is 30.3 Å². The van der Waals surface area contributed by atoms with Crippen molar-refractivity contribution in [2.75, 3.05) is 5.75 Å². The van der Waals surface area contributed by atoms with Gasteiger partial charge in [0, 0.05) is 6.54 Å². The van der Waals surface area contributed by atoms with Crippen molar-refractivity contribution in [3.63, 3.8) is 0 Å². The van der Waals surface area contributed by atoms with E-state index in [-0.39, 0.29) is 5.75 Å². The summed E-state index contributed by atoms with van der Waals surface area (Å²) >= 11 is 1.29. The van der Waals surface area contributed by atoms with E-state index in [1.807, 2.05) is 24.3 Å². The third-order valence-corrected chi connectivity index (χ3v) is 4.51. The molecule has 0 aliphatic rings. The third kappa shape index (κ3) is 3.33. The fourth-order valence-corrected chi connectivity index (χ4v) is 2.71. The van der Waals surface area contributed by atoms with Gasteiger partial charge in [-0.1, -0.05) is 44.7 Å². The molecule has 0 fully saturated rings. The number of imidazole rings is 1. The summed E-state index contributed by atoms with van der Waals surface area (Å²) in [5.74, 6) is 0.315. The number of hydrogen-bond donors (Lipinski definition) is 1. The lowest BCUT2D eigenvalue weighted by molar-refractivity contribution is -0.133. The van der Waals surface area contributed by atoms with E-state index < -0.39 is 5.97 Å². The smallest absolute Gasteiger partial charge is 0.313 e. The predicted molar refractivity (Wildman–Crippen MR) is 82.1 cm³/mol. The van der Waals surface area contributed by atoms with E-state index in [0.29, 0.717) is 11.8 Å². The molecule has 108 valence electrons. The van der Waals surface area contributed by atoms with Crippen LogP contribution >= 0.6 is 11.8 Å². The van der Waals surface area contributed by atoms with Crippen LogP contribution < -0.4 is 0 Å². The van der Waals surface area contributed by atoms with Gasteiger partial charge in [-0.2, -0.15) is 0 Å². The molecule has 0 bridgehead atoms. The van der Waals surface area contributed by atoms with Crippen molar-refractivity contribution in [3.05, 3.63) is 24.3 Å². The molecule has 20 heavy (non-hydrogen) atoms. The Morgan fingerprint density at radius 1 is 1.35 bits per heavy atom. The van der Waals surface area contributed by atoms with Crippen molar-refractivity contribution in [2.45, 2.75) is 32.5 Å². The summed E-state index contributed by atoms with van der Waals surface area (Å²) in [6, 6.07) is 7.96. The molecule has 1 heterocycles. The zero-order chi connectivity index (χ0) is 14.7. The van der Waals surface area contributed by atoms with Crippen LogP contribution in [0.3, 0.4) is 0 Å². The molecule has 1 atom stereocenters. The van der Waals surface area contributed by atoms with Crippen molar-refractivity contribution in [2.24, 2.45) is 11.8 Å². The zero-order valence-corrected chi connectivity index (χ0v) is 12.9. The number of aliphatic carboxylic acids is 1. The van der Waals surface area contributed by atoms with E-state index >= 15 is 0 Å². The van der Waals surface area contributed by atoms with Crippen LogP contribution in [0, 0.1) is 11.8 Å². The highest BCUT2D eigenvalue weighted by Crippen LogP contribution is 2.26. The summed E-state index contributed by atoms with van der Waals surface area (Å²) < 4.78 is 2.15. The lowest BCUT2D eigenvalue weighted by Gasteiger charge is -2.18. The monoisotopic (exact) mass is 292 g/mol. The number of nitrogens with zero attached hydrogens (tertiary/aromatic N) is 2. The van der Waals surface area contributed by atoms with E-state index in [9.17, 15) is 4.79 Å².